The molecule has 1 aliphatic heterocycles. The van der Waals surface area contributed by atoms with E-state index in [9.17, 15) is 0 Å². The van der Waals surface area contributed by atoms with Crippen LogP contribution in [0, 0.1) is 6.92 Å². The van der Waals surface area contributed by atoms with Gasteiger partial charge in [0.05, 0.1) is 35.6 Å². The molecule has 0 spiro atoms. The molecule has 0 bridgehead atoms. The summed E-state index contributed by atoms with van der Waals surface area (Å²) < 4.78 is 7.47. The van der Waals surface area contributed by atoms with Gasteiger partial charge in [-0.2, -0.15) is 5.10 Å². The van der Waals surface area contributed by atoms with Crippen LogP contribution in [0.4, 0.5) is 5.82 Å². The van der Waals surface area contributed by atoms with Gasteiger partial charge in [-0.25, -0.2) is 15.0 Å². The molecule has 1 saturated heterocycles. The van der Waals surface area contributed by atoms with Crippen LogP contribution in [-0.2, 0) is 11.8 Å². The maximum Gasteiger partial charge on any atom is 0.163 e. The number of nitrogens with one attached hydrogen (secondary N) is 1. The van der Waals surface area contributed by atoms with Crippen molar-refractivity contribution in [2.75, 3.05) is 18.6 Å². The molecule has 29 heavy (non-hydrogen) atoms. The lowest BCUT2D eigenvalue weighted by molar-refractivity contribution is 0.118. The summed E-state index contributed by atoms with van der Waals surface area (Å²) in [6.45, 7) is 2.63. The van der Waals surface area contributed by atoms with Crippen LogP contribution in [-0.4, -0.2) is 54.5 Å². The van der Waals surface area contributed by atoms with Crippen molar-refractivity contribution in [2.45, 2.75) is 25.5 Å². The van der Waals surface area contributed by atoms with Gasteiger partial charge < -0.3 is 14.6 Å². The van der Waals surface area contributed by atoms with E-state index in [1.165, 1.54) is 0 Å². The molecular weight excluding hydrogens is 368 g/mol. The van der Waals surface area contributed by atoms with Crippen molar-refractivity contribution in [2.24, 2.45) is 7.05 Å². The van der Waals surface area contributed by atoms with Crippen molar-refractivity contribution in [3.63, 3.8) is 0 Å². The first-order chi connectivity index (χ1) is 14.1. The van der Waals surface area contributed by atoms with E-state index in [0.29, 0.717) is 5.82 Å². The van der Waals surface area contributed by atoms with Crippen molar-refractivity contribution in [3.8, 4) is 11.3 Å². The molecule has 1 fully saturated rings. The largest absolute Gasteiger partial charge is 0.380 e. The van der Waals surface area contributed by atoms with Gasteiger partial charge in [-0.1, -0.05) is 0 Å². The lowest BCUT2D eigenvalue weighted by Crippen LogP contribution is -2.27. The van der Waals surface area contributed by atoms with E-state index in [1.54, 1.807) is 18.0 Å². The summed E-state index contributed by atoms with van der Waals surface area (Å²) in [5.74, 6) is 2.47. The Morgan fingerprint density at radius 1 is 1.21 bits per heavy atom. The standard InChI is InChI=1S/C20H22N8O/c1-12-24-19-15(9-23-27(19)2)20(25-12)28-11-14(29-3)7-17(28)18-22-10-16(26-18)13-5-4-6-21-8-13/h4-6,8-10,14,17H,7,11H2,1-3H3,(H,22,26)/t14-,17+/m1/s1. The second-order valence-electron chi connectivity index (χ2n) is 7.29. The summed E-state index contributed by atoms with van der Waals surface area (Å²) in [4.78, 5) is 23.9. The molecule has 0 aliphatic carbocycles. The highest BCUT2D eigenvalue weighted by atomic mass is 16.5. The predicted octanol–water partition coefficient (Wildman–Crippen LogP) is 2.42. The van der Waals surface area contributed by atoms with Gasteiger partial charge >= 0.3 is 0 Å². The van der Waals surface area contributed by atoms with Gasteiger partial charge in [0.2, 0.25) is 0 Å². The third-order valence-corrected chi connectivity index (χ3v) is 5.44. The number of rotatable bonds is 4. The number of fused-ring (bicyclic) bond motifs is 1. The van der Waals surface area contributed by atoms with Crippen LogP contribution in [0.15, 0.2) is 36.9 Å². The van der Waals surface area contributed by atoms with E-state index >= 15 is 0 Å². The van der Waals surface area contributed by atoms with Crippen molar-refractivity contribution in [3.05, 3.63) is 48.6 Å². The topological polar surface area (TPSA) is 97.6 Å². The van der Waals surface area contributed by atoms with Crippen LogP contribution >= 0.6 is 0 Å². The zero-order valence-corrected chi connectivity index (χ0v) is 16.6. The van der Waals surface area contributed by atoms with E-state index in [1.807, 2.05) is 44.7 Å². The smallest absolute Gasteiger partial charge is 0.163 e. The number of aromatic amines is 1. The van der Waals surface area contributed by atoms with Crippen molar-refractivity contribution in [1.82, 2.24) is 34.7 Å². The Kier molecular flexibility index (Phi) is 4.24. The molecule has 0 radical (unpaired) electrons. The Morgan fingerprint density at radius 2 is 2.10 bits per heavy atom. The fourth-order valence-corrected chi connectivity index (χ4v) is 3.97. The highest BCUT2D eigenvalue weighted by Crippen LogP contribution is 2.38. The van der Waals surface area contributed by atoms with E-state index in [2.05, 4.69) is 29.9 Å². The summed E-state index contributed by atoms with van der Waals surface area (Å²) in [7, 11) is 3.64. The molecule has 1 aliphatic rings. The maximum absolute atomic E-state index is 5.70. The number of H-pyrrole nitrogens is 1. The van der Waals surface area contributed by atoms with Gasteiger partial charge in [-0.15, -0.1) is 0 Å². The third-order valence-electron chi connectivity index (χ3n) is 5.44. The van der Waals surface area contributed by atoms with Crippen LogP contribution in [0.1, 0.15) is 24.1 Å². The van der Waals surface area contributed by atoms with Crippen LogP contribution in [0.2, 0.25) is 0 Å². The molecule has 9 nitrogen and oxygen atoms in total. The lowest BCUT2D eigenvalue weighted by atomic mass is 10.2. The number of aryl methyl sites for hydroxylation is 2. The lowest BCUT2D eigenvalue weighted by Gasteiger charge is -2.24. The van der Waals surface area contributed by atoms with Gasteiger partial charge in [0, 0.05) is 45.1 Å². The minimum atomic E-state index is 0.0167. The molecule has 5 heterocycles. The Bertz CT molecular complexity index is 1150. The summed E-state index contributed by atoms with van der Waals surface area (Å²) in [6, 6.07) is 3.95. The molecule has 0 saturated carbocycles. The minimum absolute atomic E-state index is 0.0167. The number of nitrogens with zero attached hydrogens (tertiary/aromatic N) is 7. The first-order valence-corrected chi connectivity index (χ1v) is 9.55. The van der Waals surface area contributed by atoms with Gasteiger partial charge in [-0.3, -0.25) is 9.67 Å². The van der Waals surface area contributed by atoms with E-state index in [-0.39, 0.29) is 12.1 Å². The second kappa shape index (κ2) is 6.93. The number of ether oxygens (including phenoxy) is 1. The molecule has 0 aromatic carbocycles. The van der Waals surface area contributed by atoms with Crippen molar-refractivity contribution >= 4 is 16.9 Å². The monoisotopic (exact) mass is 390 g/mol. The van der Waals surface area contributed by atoms with Crippen LogP contribution in [0.3, 0.4) is 0 Å². The SMILES string of the molecule is CO[C@@H]1C[C@@H](c2ncc(-c3cccnc3)[nH]2)N(c2nc(C)nc3c2cnn3C)C1. The third kappa shape index (κ3) is 3.03. The zero-order valence-electron chi connectivity index (χ0n) is 16.6. The fraction of sp³-hybridized carbons (Fsp3) is 0.350. The predicted molar refractivity (Wildman–Crippen MR) is 108 cm³/mol. The highest BCUT2D eigenvalue weighted by Gasteiger charge is 2.37. The van der Waals surface area contributed by atoms with Crippen molar-refractivity contribution in [1.29, 1.82) is 0 Å². The molecule has 4 aromatic heterocycles. The highest BCUT2D eigenvalue weighted by molar-refractivity contribution is 5.87. The number of imidazole rings is 1. The summed E-state index contributed by atoms with van der Waals surface area (Å²) in [5, 5.41) is 5.31. The molecule has 5 rings (SSSR count). The van der Waals surface area contributed by atoms with E-state index < -0.39 is 0 Å². The summed E-state index contributed by atoms with van der Waals surface area (Å²) >= 11 is 0. The van der Waals surface area contributed by atoms with Crippen LogP contribution in [0.5, 0.6) is 0 Å². The average molecular weight is 390 g/mol. The molecule has 0 unspecified atom stereocenters. The molecule has 4 aromatic rings. The summed E-state index contributed by atoms with van der Waals surface area (Å²) in [6.07, 6.45) is 8.18. The average Bonchev–Trinajstić information content (AvgIpc) is 3.47. The number of methoxy groups -OCH3 is 1. The number of hydrogen-bond acceptors (Lipinski definition) is 7. The Hall–Kier alpha value is -3.33. The summed E-state index contributed by atoms with van der Waals surface area (Å²) in [5.41, 5.74) is 2.77. The van der Waals surface area contributed by atoms with Gasteiger partial charge in [0.25, 0.3) is 0 Å². The first kappa shape index (κ1) is 17.7. The van der Waals surface area contributed by atoms with Gasteiger partial charge in [0.1, 0.15) is 17.5 Å². The van der Waals surface area contributed by atoms with Gasteiger partial charge in [-0.05, 0) is 19.1 Å². The molecule has 0 amide bonds. The first-order valence-electron chi connectivity index (χ1n) is 9.55. The normalized spacial score (nSPS) is 19.3. The zero-order chi connectivity index (χ0) is 20.0. The Labute approximate surface area is 167 Å². The molecule has 9 heteroatoms. The van der Waals surface area contributed by atoms with Crippen LogP contribution in [0.25, 0.3) is 22.3 Å². The fourth-order valence-electron chi connectivity index (χ4n) is 3.97. The number of anilines is 1. The quantitative estimate of drug-likeness (QED) is 0.571. The molecular formula is C20H22N8O. The second-order valence-corrected chi connectivity index (χ2v) is 7.29. The minimum Gasteiger partial charge on any atom is -0.380 e. The van der Waals surface area contributed by atoms with Gasteiger partial charge in [0.15, 0.2) is 5.65 Å². The number of pyridine rings is 1. The Morgan fingerprint density at radius 3 is 2.90 bits per heavy atom. The number of hydrogen-bond donors (Lipinski definition) is 1. The molecule has 1 N–H and O–H groups in total. The van der Waals surface area contributed by atoms with Crippen LogP contribution < -0.4 is 4.90 Å². The van der Waals surface area contributed by atoms with E-state index in [4.69, 9.17) is 9.72 Å². The number of aromatic nitrogens is 7. The maximum atomic E-state index is 5.70. The molecule has 2 atom stereocenters. The van der Waals surface area contributed by atoms with Crippen molar-refractivity contribution < 1.29 is 4.74 Å². The Balaban J connectivity index is 1.57. The van der Waals surface area contributed by atoms with E-state index in [0.717, 1.165) is 46.9 Å². The molecule has 148 valence electrons.